The van der Waals surface area contributed by atoms with Crippen LogP contribution >= 0.6 is 11.3 Å². The van der Waals surface area contributed by atoms with Gasteiger partial charge in [0.05, 0.1) is 6.54 Å². The largest absolute Gasteiger partial charge is 0.331 e. The number of thiazole rings is 1. The molecule has 2 aromatic heterocycles. The van der Waals surface area contributed by atoms with E-state index in [9.17, 15) is 4.79 Å². The number of carbonyl (C=O) groups is 1. The van der Waals surface area contributed by atoms with Crippen LogP contribution in [-0.2, 0) is 26.4 Å². The first kappa shape index (κ1) is 16.0. The molecule has 7 heteroatoms. The van der Waals surface area contributed by atoms with Gasteiger partial charge in [-0.05, 0) is 25.3 Å². The fourth-order valence-electron chi connectivity index (χ4n) is 3.00. The van der Waals surface area contributed by atoms with Gasteiger partial charge >= 0.3 is 6.03 Å². The van der Waals surface area contributed by atoms with E-state index >= 15 is 0 Å². The molecular formula is C16H23N5OS. The monoisotopic (exact) mass is 333 g/mol. The van der Waals surface area contributed by atoms with Gasteiger partial charge in [-0.15, -0.1) is 11.3 Å². The first-order chi connectivity index (χ1) is 11.2. The molecule has 3 heterocycles. The fourth-order valence-corrected chi connectivity index (χ4v) is 3.81. The van der Waals surface area contributed by atoms with Gasteiger partial charge in [0, 0.05) is 49.0 Å². The van der Waals surface area contributed by atoms with E-state index in [1.165, 1.54) is 10.6 Å². The van der Waals surface area contributed by atoms with Crippen molar-refractivity contribution >= 4 is 17.4 Å². The van der Waals surface area contributed by atoms with Crippen molar-refractivity contribution in [1.29, 1.82) is 0 Å². The van der Waals surface area contributed by atoms with E-state index in [1.54, 1.807) is 11.3 Å². The van der Waals surface area contributed by atoms with E-state index in [0.717, 1.165) is 37.2 Å². The van der Waals surface area contributed by atoms with Crippen LogP contribution in [0, 0.1) is 0 Å². The number of aromatic nitrogens is 3. The number of likely N-dealkylation sites (tertiary alicyclic amines) is 1. The van der Waals surface area contributed by atoms with Crippen LogP contribution < -0.4 is 5.32 Å². The standard InChI is InChI=1S/C16H23N5OS/c1-3-14-10-17-15(23-14)11-18-16(22)21-8-4-5-13(21)9-12-6-7-19-20(12)2/h6-7,10,13H,3-5,8-9,11H2,1-2H3,(H,18,22)/t13-/m0/s1. The van der Waals surface area contributed by atoms with Crippen molar-refractivity contribution in [2.45, 2.75) is 45.2 Å². The maximum Gasteiger partial charge on any atom is 0.318 e. The lowest BCUT2D eigenvalue weighted by Crippen LogP contribution is -2.43. The Morgan fingerprint density at radius 3 is 3.09 bits per heavy atom. The molecule has 1 aliphatic rings. The number of hydrogen-bond acceptors (Lipinski definition) is 4. The zero-order valence-corrected chi connectivity index (χ0v) is 14.5. The van der Waals surface area contributed by atoms with Gasteiger partial charge in [-0.2, -0.15) is 5.10 Å². The molecule has 0 radical (unpaired) electrons. The van der Waals surface area contributed by atoms with Crippen LogP contribution in [0.1, 0.15) is 35.3 Å². The highest BCUT2D eigenvalue weighted by Gasteiger charge is 2.29. The lowest BCUT2D eigenvalue weighted by atomic mass is 10.1. The summed E-state index contributed by atoms with van der Waals surface area (Å²) in [7, 11) is 1.95. The zero-order valence-electron chi connectivity index (χ0n) is 13.7. The van der Waals surface area contributed by atoms with Gasteiger partial charge in [-0.1, -0.05) is 6.92 Å². The number of rotatable bonds is 5. The average molecular weight is 333 g/mol. The minimum absolute atomic E-state index is 0.0166. The number of aryl methyl sites for hydroxylation is 2. The van der Waals surface area contributed by atoms with Crippen molar-refractivity contribution in [3.8, 4) is 0 Å². The number of urea groups is 1. The maximum atomic E-state index is 12.5. The smallest absolute Gasteiger partial charge is 0.318 e. The normalized spacial score (nSPS) is 17.7. The number of carbonyl (C=O) groups excluding carboxylic acids is 1. The van der Waals surface area contributed by atoms with Gasteiger partial charge in [0.15, 0.2) is 0 Å². The van der Waals surface area contributed by atoms with Crippen molar-refractivity contribution in [1.82, 2.24) is 25.0 Å². The van der Waals surface area contributed by atoms with Crippen molar-refractivity contribution in [2.75, 3.05) is 6.54 Å². The summed E-state index contributed by atoms with van der Waals surface area (Å²) in [5, 5.41) is 8.19. The fraction of sp³-hybridized carbons (Fsp3) is 0.562. The minimum atomic E-state index is 0.0166. The SMILES string of the molecule is CCc1cnc(CNC(=O)N2CCC[C@H]2Cc2ccnn2C)s1. The molecule has 1 aliphatic heterocycles. The summed E-state index contributed by atoms with van der Waals surface area (Å²) in [5.41, 5.74) is 1.17. The van der Waals surface area contributed by atoms with Crippen molar-refractivity contribution in [3.63, 3.8) is 0 Å². The first-order valence-corrected chi connectivity index (χ1v) is 8.94. The molecule has 124 valence electrons. The van der Waals surface area contributed by atoms with E-state index in [-0.39, 0.29) is 12.1 Å². The highest BCUT2D eigenvalue weighted by Crippen LogP contribution is 2.21. The predicted octanol–water partition coefficient (Wildman–Crippen LogP) is 2.36. The van der Waals surface area contributed by atoms with Gasteiger partial charge in [0.1, 0.15) is 5.01 Å². The molecule has 2 amide bonds. The molecule has 1 N–H and O–H groups in total. The molecule has 0 aromatic carbocycles. The van der Waals surface area contributed by atoms with Gasteiger partial charge < -0.3 is 10.2 Å². The van der Waals surface area contributed by atoms with E-state index in [0.29, 0.717) is 6.54 Å². The third kappa shape index (κ3) is 3.72. The Morgan fingerprint density at radius 2 is 2.39 bits per heavy atom. The molecule has 3 rings (SSSR count). The number of amides is 2. The molecule has 1 saturated heterocycles. The average Bonchev–Trinajstić information content (AvgIpc) is 3.27. The van der Waals surface area contributed by atoms with E-state index in [2.05, 4.69) is 22.3 Å². The Balaban J connectivity index is 1.56. The first-order valence-electron chi connectivity index (χ1n) is 8.12. The Morgan fingerprint density at radius 1 is 1.52 bits per heavy atom. The summed E-state index contributed by atoms with van der Waals surface area (Å²) in [6, 6.07) is 2.30. The molecule has 6 nitrogen and oxygen atoms in total. The summed E-state index contributed by atoms with van der Waals surface area (Å²) in [5.74, 6) is 0. The van der Waals surface area contributed by atoms with Crippen molar-refractivity contribution < 1.29 is 4.79 Å². The van der Waals surface area contributed by atoms with Crippen LogP contribution in [0.3, 0.4) is 0 Å². The maximum absolute atomic E-state index is 12.5. The summed E-state index contributed by atoms with van der Waals surface area (Å²) in [6.07, 6.45) is 7.67. The lowest BCUT2D eigenvalue weighted by molar-refractivity contribution is 0.191. The Bertz CT molecular complexity index is 665. The topological polar surface area (TPSA) is 63.1 Å². The summed E-state index contributed by atoms with van der Waals surface area (Å²) in [4.78, 5) is 20.1. The van der Waals surface area contributed by atoms with Gasteiger partial charge in [-0.25, -0.2) is 9.78 Å². The van der Waals surface area contributed by atoms with Crippen LogP contribution in [0.25, 0.3) is 0 Å². The Hall–Kier alpha value is -1.89. The predicted molar refractivity (Wildman–Crippen MR) is 90.4 cm³/mol. The molecule has 0 aliphatic carbocycles. The number of nitrogens with zero attached hydrogens (tertiary/aromatic N) is 4. The van der Waals surface area contributed by atoms with Crippen molar-refractivity contribution in [2.24, 2.45) is 7.05 Å². The van der Waals surface area contributed by atoms with Gasteiger partial charge in [0.2, 0.25) is 0 Å². The molecule has 23 heavy (non-hydrogen) atoms. The second-order valence-corrected chi connectivity index (χ2v) is 7.07. The van der Waals surface area contributed by atoms with Crippen LogP contribution in [0.2, 0.25) is 0 Å². The van der Waals surface area contributed by atoms with Gasteiger partial charge in [-0.3, -0.25) is 4.68 Å². The molecule has 2 aromatic rings. The number of hydrogen-bond donors (Lipinski definition) is 1. The summed E-state index contributed by atoms with van der Waals surface area (Å²) in [6.45, 7) is 3.45. The van der Waals surface area contributed by atoms with E-state index in [1.807, 2.05) is 35.1 Å². The second kappa shape index (κ2) is 7.12. The molecular weight excluding hydrogens is 310 g/mol. The van der Waals surface area contributed by atoms with E-state index in [4.69, 9.17) is 0 Å². The van der Waals surface area contributed by atoms with Crippen LogP contribution in [0.15, 0.2) is 18.5 Å². The molecule has 0 bridgehead atoms. The third-order valence-corrected chi connectivity index (χ3v) is 5.49. The minimum Gasteiger partial charge on any atom is -0.331 e. The third-order valence-electron chi connectivity index (χ3n) is 4.35. The lowest BCUT2D eigenvalue weighted by Gasteiger charge is -2.24. The zero-order chi connectivity index (χ0) is 16.2. The Labute approximate surface area is 140 Å². The van der Waals surface area contributed by atoms with Crippen LogP contribution in [-0.4, -0.2) is 38.3 Å². The summed E-state index contributed by atoms with van der Waals surface area (Å²) >= 11 is 1.67. The van der Waals surface area contributed by atoms with Crippen LogP contribution in [0.5, 0.6) is 0 Å². The van der Waals surface area contributed by atoms with Crippen LogP contribution in [0.4, 0.5) is 4.79 Å². The number of nitrogens with one attached hydrogen (secondary N) is 1. The summed E-state index contributed by atoms with van der Waals surface area (Å²) < 4.78 is 1.89. The molecule has 1 fully saturated rings. The Kier molecular flexibility index (Phi) is 4.95. The molecule has 1 atom stereocenters. The van der Waals surface area contributed by atoms with E-state index < -0.39 is 0 Å². The van der Waals surface area contributed by atoms with Crippen molar-refractivity contribution in [3.05, 3.63) is 34.0 Å². The van der Waals surface area contributed by atoms with Gasteiger partial charge in [0.25, 0.3) is 0 Å². The highest BCUT2D eigenvalue weighted by atomic mass is 32.1. The molecule has 0 spiro atoms. The molecule has 0 saturated carbocycles. The molecule has 0 unspecified atom stereocenters. The second-order valence-electron chi connectivity index (χ2n) is 5.87. The quantitative estimate of drug-likeness (QED) is 0.913. The highest BCUT2D eigenvalue weighted by molar-refractivity contribution is 7.11.